The molecule has 104 valence electrons. The van der Waals surface area contributed by atoms with Crippen LogP contribution in [0, 0.1) is 0 Å². The van der Waals surface area contributed by atoms with Crippen molar-refractivity contribution in [2.75, 3.05) is 31.2 Å². The van der Waals surface area contributed by atoms with Crippen molar-refractivity contribution in [1.82, 2.24) is 0 Å². The summed E-state index contributed by atoms with van der Waals surface area (Å²) in [4.78, 5) is 14.6. The number of primary amides is 1. The number of nitrogens with zero attached hydrogens (tertiary/aromatic N) is 1. The zero-order chi connectivity index (χ0) is 13.9. The number of ether oxygens (including phenoxy) is 1. The molecule has 0 spiro atoms. The summed E-state index contributed by atoms with van der Waals surface area (Å²) >= 11 is 1.71. The standard InChI is InChI=1S/C15H16N2O2S/c16-15(18)12-3-1-11(2-4-12)14-9-13(10-20-14)17-5-7-19-8-6-17/h1-4,9-10H,5-8H2,(H2,16,18). The molecule has 1 fully saturated rings. The van der Waals surface area contributed by atoms with Crippen LogP contribution >= 0.6 is 11.3 Å². The predicted octanol–water partition coefficient (Wildman–Crippen LogP) is 2.35. The van der Waals surface area contributed by atoms with Crippen LogP contribution in [0.4, 0.5) is 5.69 Å². The normalized spacial score (nSPS) is 15.3. The molecule has 4 nitrogen and oxygen atoms in total. The molecule has 20 heavy (non-hydrogen) atoms. The zero-order valence-electron chi connectivity index (χ0n) is 11.0. The third kappa shape index (κ3) is 2.69. The number of hydrogen-bond acceptors (Lipinski definition) is 4. The molecule has 3 rings (SSSR count). The molecule has 2 heterocycles. The van der Waals surface area contributed by atoms with Crippen molar-refractivity contribution in [2.24, 2.45) is 5.73 Å². The van der Waals surface area contributed by atoms with Crippen LogP contribution in [-0.2, 0) is 4.74 Å². The molecule has 1 saturated heterocycles. The molecule has 1 aliphatic rings. The first kappa shape index (κ1) is 13.1. The van der Waals surface area contributed by atoms with E-state index in [4.69, 9.17) is 10.5 Å². The first-order valence-corrected chi connectivity index (χ1v) is 7.43. The predicted molar refractivity (Wildman–Crippen MR) is 81.3 cm³/mol. The smallest absolute Gasteiger partial charge is 0.248 e. The summed E-state index contributed by atoms with van der Waals surface area (Å²) in [6.07, 6.45) is 0. The van der Waals surface area contributed by atoms with Crippen LogP contribution in [-0.4, -0.2) is 32.2 Å². The molecule has 0 radical (unpaired) electrons. The molecule has 1 aliphatic heterocycles. The van der Waals surface area contributed by atoms with E-state index in [0.29, 0.717) is 5.56 Å². The molecule has 1 amide bonds. The summed E-state index contributed by atoms with van der Waals surface area (Å²) in [6.45, 7) is 3.46. The number of amides is 1. The van der Waals surface area contributed by atoms with Gasteiger partial charge in [-0.1, -0.05) is 12.1 Å². The van der Waals surface area contributed by atoms with E-state index in [-0.39, 0.29) is 0 Å². The van der Waals surface area contributed by atoms with Gasteiger partial charge < -0.3 is 15.4 Å². The maximum atomic E-state index is 11.1. The molecule has 1 aromatic heterocycles. The number of anilines is 1. The highest BCUT2D eigenvalue weighted by Crippen LogP contribution is 2.32. The lowest BCUT2D eigenvalue weighted by molar-refractivity contribution is 0.100. The summed E-state index contributed by atoms with van der Waals surface area (Å²) in [5.74, 6) is -0.392. The number of carbonyl (C=O) groups is 1. The average Bonchev–Trinajstić information content (AvgIpc) is 2.98. The van der Waals surface area contributed by atoms with Crippen LogP contribution in [0.15, 0.2) is 35.7 Å². The van der Waals surface area contributed by atoms with Gasteiger partial charge in [-0.25, -0.2) is 0 Å². The molecule has 5 heteroatoms. The van der Waals surface area contributed by atoms with E-state index in [9.17, 15) is 4.79 Å². The van der Waals surface area contributed by atoms with E-state index in [1.807, 2.05) is 12.1 Å². The lowest BCUT2D eigenvalue weighted by atomic mass is 10.1. The number of morpholine rings is 1. The van der Waals surface area contributed by atoms with Gasteiger partial charge in [-0.2, -0.15) is 0 Å². The van der Waals surface area contributed by atoms with Crippen molar-refractivity contribution in [3.63, 3.8) is 0 Å². The van der Waals surface area contributed by atoms with Crippen LogP contribution in [0.3, 0.4) is 0 Å². The van der Waals surface area contributed by atoms with E-state index < -0.39 is 5.91 Å². The van der Waals surface area contributed by atoms with Crippen LogP contribution < -0.4 is 10.6 Å². The van der Waals surface area contributed by atoms with Gasteiger partial charge in [-0.05, 0) is 23.8 Å². The molecule has 0 aliphatic carbocycles. The van der Waals surface area contributed by atoms with Gasteiger partial charge in [0.25, 0.3) is 0 Å². The van der Waals surface area contributed by atoms with Crippen molar-refractivity contribution in [3.05, 3.63) is 41.3 Å². The molecular weight excluding hydrogens is 272 g/mol. The van der Waals surface area contributed by atoms with Gasteiger partial charge in [0.15, 0.2) is 0 Å². The van der Waals surface area contributed by atoms with Gasteiger partial charge in [0.2, 0.25) is 5.91 Å². The average molecular weight is 288 g/mol. The molecule has 1 aromatic carbocycles. The van der Waals surface area contributed by atoms with E-state index >= 15 is 0 Å². The number of hydrogen-bond donors (Lipinski definition) is 1. The summed E-state index contributed by atoms with van der Waals surface area (Å²) in [5, 5.41) is 2.17. The second-order valence-corrected chi connectivity index (χ2v) is 5.62. The summed E-state index contributed by atoms with van der Waals surface area (Å²) in [5.41, 5.74) is 8.14. The summed E-state index contributed by atoms with van der Waals surface area (Å²) in [6, 6.07) is 9.61. The van der Waals surface area contributed by atoms with Crippen LogP contribution in [0.1, 0.15) is 10.4 Å². The third-order valence-corrected chi connectivity index (χ3v) is 4.38. The highest BCUT2D eigenvalue weighted by molar-refractivity contribution is 7.14. The van der Waals surface area contributed by atoms with Gasteiger partial charge in [-0.15, -0.1) is 11.3 Å². The molecule has 0 unspecified atom stereocenters. The topological polar surface area (TPSA) is 55.6 Å². The first-order valence-electron chi connectivity index (χ1n) is 6.55. The van der Waals surface area contributed by atoms with E-state index in [2.05, 4.69) is 16.3 Å². The van der Waals surface area contributed by atoms with Gasteiger partial charge in [0, 0.05) is 34.6 Å². The first-order chi connectivity index (χ1) is 9.74. The Kier molecular flexibility index (Phi) is 3.71. The molecule has 2 aromatic rings. The largest absolute Gasteiger partial charge is 0.378 e. The van der Waals surface area contributed by atoms with E-state index in [0.717, 1.165) is 31.9 Å². The van der Waals surface area contributed by atoms with Crippen molar-refractivity contribution in [2.45, 2.75) is 0 Å². The van der Waals surface area contributed by atoms with Gasteiger partial charge in [0.05, 0.1) is 13.2 Å². The summed E-state index contributed by atoms with van der Waals surface area (Å²) in [7, 11) is 0. The van der Waals surface area contributed by atoms with Crippen molar-refractivity contribution < 1.29 is 9.53 Å². The Labute approximate surface area is 121 Å². The summed E-state index contributed by atoms with van der Waals surface area (Å²) < 4.78 is 5.37. The lowest BCUT2D eigenvalue weighted by Crippen LogP contribution is -2.35. The zero-order valence-corrected chi connectivity index (χ0v) is 11.9. The van der Waals surface area contributed by atoms with Gasteiger partial charge in [-0.3, -0.25) is 4.79 Å². The Balaban J connectivity index is 1.80. The molecule has 0 bridgehead atoms. The maximum absolute atomic E-state index is 11.1. The van der Waals surface area contributed by atoms with E-state index in [1.165, 1.54) is 10.6 Å². The number of rotatable bonds is 3. The minimum absolute atomic E-state index is 0.392. The Morgan fingerprint density at radius 2 is 1.90 bits per heavy atom. The molecule has 0 saturated carbocycles. The minimum Gasteiger partial charge on any atom is -0.378 e. The number of carbonyl (C=O) groups excluding carboxylic acids is 1. The van der Waals surface area contributed by atoms with Gasteiger partial charge >= 0.3 is 0 Å². The van der Waals surface area contributed by atoms with Crippen molar-refractivity contribution in [3.8, 4) is 10.4 Å². The molecule has 2 N–H and O–H groups in total. The molecule has 0 atom stereocenters. The maximum Gasteiger partial charge on any atom is 0.248 e. The fraction of sp³-hybridized carbons (Fsp3) is 0.267. The van der Waals surface area contributed by atoms with Crippen molar-refractivity contribution in [1.29, 1.82) is 0 Å². The van der Waals surface area contributed by atoms with Crippen LogP contribution in [0.25, 0.3) is 10.4 Å². The number of nitrogens with two attached hydrogens (primary N) is 1. The fourth-order valence-electron chi connectivity index (χ4n) is 2.26. The fourth-order valence-corrected chi connectivity index (χ4v) is 3.19. The lowest BCUT2D eigenvalue weighted by Gasteiger charge is -2.27. The highest BCUT2D eigenvalue weighted by Gasteiger charge is 2.13. The third-order valence-electron chi connectivity index (χ3n) is 3.42. The number of thiophene rings is 1. The second kappa shape index (κ2) is 5.64. The monoisotopic (exact) mass is 288 g/mol. The Morgan fingerprint density at radius 1 is 1.20 bits per heavy atom. The van der Waals surface area contributed by atoms with Crippen molar-refractivity contribution >= 4 is 22.9 Å². The Morgan fingerprint density at radius 3 is 2.55 bits per heavy atom. The Bertz CT molecular complexity index is 601. The Hall–Kier alpha value is -1.85. The van der Waals surface area contributed by atoms with Crippen LogP contribution in [0.2, 0.25) is 0 Å². The SMILES string of the molecule is NC(=O)c1ccc(-c2cc(N3CCOCC3)cs2)cc1. The van der Waals surface area contributed by atoms with E-state index in [1.54, 1.807) is 23.5 Å². The molecular formula is C15H16N2O2S. The quantitative estimate of drug-likeness (QED) is 0.943. The minimum atomic E-state index is -0.392. The second-order valence-electron chi connectivity index (χ2n) is 4.71. The highest BCUT2D eigenvalue weighted by atomic mass is 32.1. The van der Waals surface area contributed by atoms with Gasteiger partial charge in [0.1, 0.15) is 0 Å². The van der Waals surface area contributed by atoms with Crippen LogP contribution in [0.5, 0.6) is 0 Å². The number of benzene rings is 1.